The molecule has 0 aromatic heterocycles. The highest BCUT2D eigenvalue weighted by atomic mass is 127. The van der Waals surface area contributed by atoms with Crippen LogP contribution in [0.1, 0.15) is 42.5 Å². The van der Waals surface area contributed by atoms with Gasteiger partial charge in [0.15, 0.2) is 0 Å². The van der Waals surface area contributed by atoms with Crippen LogP contribution in [0.15, 0.2) is 48.5 Å². The SMILES string of the molecule is O=C1CC(N(C(=O)c2cccc([N+](=O)[O-])c2)C2CCCC2)C(=O)N1c1ccc(I)cc1. The van der Waals surface area contributed by atoms with Crippen LogP contribution in [0.3, 0.4) is 0 Å². The van der Waals surface area contributed by atoms with Gasteiger partial charge in [0.25, 0.3) is 17.5 Å². The molecule has 1 aliphatic heterocycles. The number of hydrogen-bond acceptors (Lipinski definition) is 5. The molecule has 0 bridgehead atoms. The Labute approximate surface area is 192 Å². The minimum Gasteiger partial charge on any atom is -0.323 e. The van der Waals surface area contributed by atoms with E-state index in [1.807, 2.05) is 12.1 Å². The zero-order valence-corrected chi connectivity index (χ0v) is 18.7. The summed E-state index contributed by atoms with van der Waals surface area (Å²) in [5, 5.41) is 11.2. The number of nitro groups is 1. The third-order valence-corrected chi connectivity index (χ3v) is 6.52. The molecule has 1 saturated heterocycles. The van der Waals surface area contributed by atoms with Crippen LogP contribution < -0.4 is 4.90 Å². The molecule has 2 fully saturated rings. The van der Waals surface area contributed by atoms with Crippen molar-refractivity contribution in [1.82, 2.24) is 4.90 Å². The lowest BCUT2D eigenvalue weighted by molar-refractivity contribution is -0.384. The molecule has 1 unspecified atom stereocenters. The van der Waals surface area contributed by atoms with E-state index in [-0.39, 0.29) is 29.6 Å². The van der Waals surface area contributed by atoms with Crippen molar-refractivity contribution in [2.75, 3.05) is 4.90 Å². The van der Waals surface area contributed by atoms with Gasteiger partial charge >= 0.3 is 0 Å². The van der Waals surface area contributed by atoms with E-state index in [1.54, 1.807) is 12.1 Å². The summed E-state index contributed by atoms with van der Waals surface area (Å²) in [4.78, 5) is 52.8. The first-order chi connectivity index (χ1) is 14.9. The smallest absolute Gasteiger partial charge is 0.270 e. The summed E-state index contributed by atoms with van der Waals surface area (Å²) in [7, 11) is 0. The first-order valence-electron chi connectivity index (χ1n) is 10.1. The van der Waals surface area contributed by atoms with Crippen molar-refractivity contribution < 1.29 is 19.3 Å². The Kier molecular flexibility index (Phi) is 6.03. The van der Waals surface area contributed by atoms with E-state index >= 15 is 0 Å². The lowest BCUT2D eigenvalue weighted by Crippen LogP contribution is -2.50. The summed E-state index contributed by atoms with van der Waals surface area (Å²) in [6.45, 7) is 0. The van der Waals surface area contributed by atoms with E-state index in [0.29, 0.717) is 5.69 Å². The van der Waals surface area contributed by atoms with Gasteiger partial charge in [-0.15, -0.1) is 0 Å². The topological polar surface area (TPSA) is 101 Å². The summed E-state index contributed by atoms with van der Waals surface area (Å²) in [5.41, 5.74) is 0.438. The van der Waals surface area contributed by atoms with E-state index in [9.17, 15) is 24.5 Å². The van der Waals surface area contributed by atoms with Crippen molar-refractivity contribution in [3.63, 3.8) is 0 Å². The summed E-state index contributed by atoms with van der Waals surface area (Å²) in [6.07, 6.45) is 3.24. The number of halogens is 1. The standard InChI is InChI=1S/C22H20IN3O5/c23-15-8-10-17(11-9-15)25-20(27)13-19(22(25)29)24(16-5-1-2-6-16)21(28)14-4-3-7-18(12-14)26(30)31/h3-4,7-12,16,19H,1-2,5-6,13H2. The number of nitrogens with zero attached hydrogens (tertiary/aromatic N) is 3. The molecule has 2 aromatic carbocycles. The number of hydrogen-bond donors (Lipinski definition) is 0. The maximum atomic E-state index is 13.5. The predicted octanol–water partition coefficient (Wildman–Crippen LogP) is 3.92. The average molecular weight is 533 g/mol. The Morgan fingerprint density at radius 2 is 1.77 bits per heavy atom. The molecular formula is C22H20IN3O5. The lowest BCUT2D eigenvalue weighted by atomic mass is 10.1. The number of imide groups is 1. The number of non-ortho nitro benzene ring substituents is 1. The summed E-state index contributed by atoms with van der Waals surface area (Å²) in [6, 6.07) is 11.5. The fraction of sp³-hybridized carbons (Fsp3) is 0.318. The third kappa shape index (κ3) is 4.18. The number of carbonyl (C=O) groups is 3. The lowest BCUT2D eigenvalue weighted by Gasteiger charge is -2.33. The predicted molar refractivity (Wildman–Crippen MR) is 122 cm³/mol. The van der Waals surface area contributed by atoms with E-state index < -0.39 is 22.8 Å². The first-order valence-corrected chi connectivity index (χ1v) is 11.1. The quantitative estimate of drug-likeness (QED) is 0.251. The minimum atomic E-state index is -0.915. The molecule has 160 valence electrons. The summed E-state index contributed by atoms with van der Waals surface area (Å²) in [5.74, 6) is -1.24. The second-order valence-electron chi connectivity index (χ2n) is 7.72. The van der Waals surface area contributed by atoms with Crippen LogP contribution in [0.25, 0.3) is 0 Å². The number of nitro benzene ring substituents is 1. The Bertz CT molecular complexity index is 1050. The van der Waals surface area contributed by atoms with E-state index in [4.69, 9.17) is 0 Å². The van der Waals surface area contributed by atoms with E-state index in [0.717, 1.165) is 34.2 Å². The van der Waals surface area contributed by atoms with Crippen molar-refractivity contribution in [3.05, 3.63) is 67.8 Å². The van der Waals surface area contributed by atoms with E-state index in [1.165, 1.54) is 29.2 Å². The van der Waals surface area contributed by atoms with Crippen molar-refractivity contribution in [1.29, 1.82) is 0 Å². The van der Waals surface area contributed by atoms with Crippen LogP contribution in [0.4, 0.5) is 11.4 Å². The first kappa shape index (κ1) is 21.4. The average Bonchev–Trinajstić information content (AvgIpc) is 3.38. The molecule has 2 aromatic rings. The molecule has 9 heteroatoms. The van der Waals surface area contributed by atoms with Crippen molar-refractivity contribution in [2.45, 2.75) is 44.2 Å². The summed E-state index contributed by atoms with van der Waals surface area (Å²) >= 11 is 2.14. The molecular weight excluding hydrogens is 513 g/mol. The molecule has 4 rings (SSSR count). The van der Waals surface area contributed by atoms with Crippen LogP contribution in [0, 0.1) is 13.7 Å². The highest BCUT2D eigenvalue weighted by molar-refractivity contribution is 14.1. The van der Waals surface area contributed by atoms with Crippen LogP contribution in [0.5, 0.6) is 0 Å². The monoisotopic (exact) mass is 533 g/mol. The van der Waals surface area contributed by atoms with Gasteiger partial charge in [-0.2, -0.15) is 0 Å². The molecule has 1 heterocycles. The van der Waals surface area contributed by atoms with Gasteiger partial charge in [0.1, 0.15) is 6.04 Å². The highest BCUT2D eigenvalue weighted by Crippen LogP contribution is 2.33. The minimum absolute atomic E-state index is 0.0953. The zero-order valence-electron chi connectivity index (χ0n) is 16.6. The summed E-state index contributed by atoms with van der Waals surface area (Å²) < 4.78 is 0.977. The van der Waals surface area contributed by atoms with Crippen molar-refractivity contribution in [2.24, 2.45) is 0 Å². The number of benzene rings is 2. The van der Waals surface area contributed by atoms with Gasteiger partial charge in [0.05, 0.1) is 17.0 Å². The van der Waals surface area contributed by atoms with Crippen molar-refractivity contribution in [3.8, 4) is 0 Å². The second kappa shape index (κ2) is 8.74. The van der Waals surface area contributed by atoms with Crippen molar-refractivity contribution >= 4 is 51.7 Å². The van der Waals surface area contributed by atoms with E-state index in [2.05, 4.69) is 22.6 Å². The molecule has 0 radical (unpaired) electrons. The molecule has 1 aliphatic carbocycles. The van der Waals surface area contributed by atoms with Crippen LogP contribution in [-0.4, -0.2) is 39.6 Å². The van der Waals surface area contributed by atoms with Crippen LogP contribution in [-0.2, 0) is 9.59 Å². The van der Waals surface area contributed by atoms with Gasteiger partial charge in [-0.25, -0.2) is 4.90 Å². The fourth-order valence-corrected chi connectivity index (χ4v) is 4.70. The Morgan fingerprint density at radius 1 is 1.10 bits per heavy atom. The van der Waals surface area contributed by atoms with Gasteiger partial charge in [-0.05, 0) is 65.8 Å². The number of amides is 3. The second-order valence-corrected chi connectivity index (χ2v) is 8.97. The number of carbonyl (C=O) groups excluding carboxylic acids is 3. The highest BCUT2D eigenvalue weighted by Gasteiger charge is 2.47. The Morgan fingerprint density at radius 3 is 2.42 bits per heavy atom. The molecule has 3 amide bonds. The molecule has 31 heavy (non-hydrogen) atoms. The Balaban J connectivity index is 1.68. The molecule has 0 N–H and O–H groups in total. The number of anilines is 1. The third-order valence-electron chi connectivity index (χ3n) is 5.80. The molecule has 1 atom stereocenters. The maximum absolute atomic E-state index is 13.5. The number of rotatable bonds is 5. The van der Waals surface area contributed by atoms with Crippen LogP contribution >= 0.6 is 22.6 Å². The largest absolute Gasteiger partial charge is 0.323 e. The zero-order chi connectivity index (χ0) is 22.1. The molecule has 1 saturated carbocycles. The normalized spacial score (nSPS) is 19.1. The van der Waals surface area contributed by atoms with Gasteiger partial charge in [0.2, 0.25) is 5.91 Å². The van der Waals surface area contributed by atoms with Gasteiger partial charge < -0.3 is 4.90 Å². The molecule has 8 nitrogen and oxygen atoms in total. The molecule has 2 aliphatic rings. The Hall–Kier alpha value is -2.82. The van der Waals surface area contributed by atoms with Gasteiger partial charge in [-0.3, -0.25) is 24.5 Å². The molecule has 0 spiro atoms. The maximum Gasteiger partial charge on any atom is 0.270 e. The van der Waals surface area contributed by atoms with Crippen LogP contribution in [0.2, 0.25) is 0 Å². The fourth-order valence-electron chi connectivity index (χ4n) is 4.34. The van der Waals surface area contributed by atoms with Gasteiger partial charge in [-0.1, -0.05) is 18.9 Å². The van der Waals surface area contributed by atoms with Gasteiger partial charge in [0, 0.05) is 27.3 Å².